The van der Waals surface area contributed by atoms with Crippen LogP contribution in [0.2, 0.25) is 0 Å². The van der Waals surface area contributed by atoms with E-state index in [1.807, 2.05) is 30.3 Å². The highest BCUT2D eigenvalue weighted by Crippen LogP contribution is 2.41. The minimum atomic E-state index is 0.270. The summed E-state index contributed by atoms with van der Waals surface area (Å²) in [6.07, 6.45) is 0. The molecule has 5 rings (SSSR count). The predicted molar refractivity (Wildman–Crippen MR) is 112 cm³/mol. The molecule has 0 amide bonds. The Kier molecular flexibility index (Phi) is 4.60. The van der Waals surface area contributed by atoms with Gasteiger partial charge in [0.15, 0.2) is 11.5 Å². The molecule has 6 heteroatoms. The third kappa shape index (κ3) is 3.02. The summed E-state index contributed by atoms with van der Waals surface area (Å²) in [5.74, 6) is 1.53. The normalized spacial score (nSPS) is 11.8. The zero-order valence-electron chi connectivity index (χ0n) is 15.2. The van der Waals surface area contributed by atoms with Gasteiger partial charge in [-0.2, -0.15) is 0 Å². The number of nitrogens with two attached hydrogens (primary N) is 1. The third-order valence-corrected chi connectivity index (χ3v) is 5.74. The van der Waals surface area contributed by atoms with Crippen LogP contribution in [0.5, 0.6) is 11.5 Å². The average Bonchev–Trinajstić information content (AvgIpc) is 3.34. The maximum absolute atomic E-state index is 6.50. The van der Waals surface area contributed by atoms with Gasteiger partial charge >= 0.3 is 0 Å². The van der Waals surface area contributed by atoms with E-state index in [1.165, 1.54) is 5.56 Å². The summed E-state index contributed by atoms with van der Waals surface area (Å²) in [6, 6.07) is 18.4. The van der Waals surface area contributed by atoms with Crippen LogP contribution in [0.4, 0.5) is 5.69 Å². The lowest BCUT2D eigenvalue weighted by Gasteiger charge is -2.03. The van der Waals surface area contributed by atoms with Gasteiger partial charge in [0, 0.05) is 17.5 Å². The Hall–Kier alpha value is -3.56. The van der Waals surface area contributed by atoms with E-state index < -0.39 is 0 Å². The molecular weight excluding hydrogens is 370 g/mol. The van der Waals surface area contributed by atoms with Gasteiger partial charge in [0.05, 0.1) is 16.3 Å². The minimum Gasteiger partial charge on any atom is -0.454 e. The second kappa shape index (κ2) is 7.22. The van der Waals surface area contributed by atoms with Gasteiger partial charge in [-0.15, -0.1) is 11.3 Å². The smallest absolute Gasteiger partial charge is 0.231 e. The number of aromatic nitrogens is 1. The molecule has 0 fully saturated rings. The molecule has 28 heavy (non-hydrogen) atoms. The number of nitrogens with zero attached hydrogens (tertiary/aromatic N) is 2. The summed E-state index contributed by atoms with van der Waals surface area (Å²) in [5.41, 5.74) is 11.5. The van der Waals surface area contributed by atoms with Crippen LogP contribution < -0.4 is 15.2 Å². The molecule has 2 N–H and O–H groups in total. The molecule has 1 aliphatic heterocycles. The Balaban J connectivity index is 0.000000932. The Bertz CT molecular complexity index is 1180. The monoisotopic (exact) mass is 387 g/mol. The quantitative estimate of drug-likeness (QED) is 0.499. The molecule has 5 nitrogen and oxygen atoms in total. The second-order valence-electron chi connectivity index (χ2n) is 6.33. The molecule has 0 spiro atoms. The lowest BCUT2D eigenvalue weighted by Crippen LogP contribution is -1.92. The first-order valence-electron chi connectivity index (χ1n) is 8.61. The molecule has 0 saturated heterocycles. The van der Waals surface area contributed by atoms with E-state index in [0.717, 1.165) is 49.1 Å². The first-order chi connectivity index (χ1) is 13.7. The van der Waals surface area contributed by atoms with E-state index in [-0.39, 0.29) is 6.79 Å². The molecular formula is C22H17N3O2S. The maximum atomic E-state index is 6.50. The van der Waals surface area contributed by atoms with Gasteiger partial charge in [0.2, 0.25) is 6.79 Å². The number of benzene rings is 2. The Labute approximate surface area is 166 Å². The highest BCUT2D eigenvalue weighted by Gasteiger charge is 2.16. The van der Waals surface area contributed by atoms with E-state index in [0.29, 0.717) is 0 Å². The van der Waals surface area contributed by atoms with Crippen molar-refractivity contribution in [3.05, 3.63) is 60.2 Å². The van der Waals surface area contributed by atoms with Gasteiger partial charge in [-0.25, -0.2) is 10.2 Å². The lowest BCUT2D eigenvalue weighted by molar-refractivity contribution is 0.174. The van der Waals surface area contributed by atoms with Crippen molar-refractivity contribution < 1.29 is 9.47 Å². The van der Waals surface area contributed by atoms with Crippen LogP contribution in [0.3, 0.4) is 0 Å². The van der Waals surface area contributed by atoms with Crippen LogP contribution >= 0.6 is 11.3 Å². The average molecular weight is 387 g/mol. The molecule has 1 aliphatic rings. The third-order valence-electron chi connectivity index (χ3n) is 4.58. The Morgan fingerprint density at radius 1 is 0.964 bits per heavy atom. The zero-order chi connectivity index (χ0) is 19.7. The summed E-state index contributed by atoms with van der Waals surface area (Å²) >= 11 is 1.63. The van der Waals surface area contributed by atoms with E-state index in [9.17, 15) is 0 Å². The molecule has 3 heterocycles. The molecule has 0 bridgehead atoms. The van der Waals surface area contributed by atoms with Crippen molar-refractivity contribution in [1.82, 2.24) is 4.98 Å². The summed E-state index contributed by atoms with van der Waals surface area (Å²) in [7, 11) is 0. The Morgan fingerprint density at radius 2 is 1.68 bits per heavy atom. The number of hydrogen-bond acceptors (Lipinski definition) is 6. The summed E-state index contributed by atoms with van der Waals surface area (Å²) in [5, 5.41) is 7.50. The van der Waals surface area contributed by atoms with Gasteiger partial charge in [0.25, 0.3) is 0 Å². The van der Waals surface area contributed by atoms with Crippen molar-refractivity contribution in [3.63, 3.8) is 0 Å². The van der Waals surface area contributed by atoms with Gasteiger partial charge in [-0.1, -0.05) is 29.8 Å². The Morgan fingerprint density at radius 3 is 2.46 bits per heavy atom. The molecule has 138 valence electrons. The predicted octanol–water partition coefficient (Wildman–Crippen LogP) is 5.39. The standard InChI is InChI=1S/C21H16N2O2S.CHN/c1-12-2-4-13(5-3-12)20-19(22)15-7-8-16(23-21(15)26-20)14-6-9-17-18(10-14)25-11-24-17;1-2/h2-10H,11,22H2,1H3;1H. The number of aryl methyl sites for hydroxylation is 1. The number of ether oxygens (including phenoxy) is 2. The van der Waals surface area contributed by atoms with E-state index in [1.54, 1.807) is 11.3 Å². The van der Waals surface area contributed by atoms with Crippen molar-refractivity contribution in [2.45, 2.75) is 6.92 Å². The fourth-order valence-electron chi connectivity index (χ4n) is 3.13. The van der Waals surface area contributed by atoms with Gasteiger partial charge in [-0.05, 0) is 42.8 Å². The topological polar surface area (TPSA) is 81.2 Å². The van der Waals surface area contributed by atoms with Crippen LogP contribution in [0.1, 0.15) is 5.56 Å². The summed E-state index contributed by atoms with van der Waals surface area (Å²) < 4.78 is 10.9. The highest BCUT2D eigenvalue weighted by atomic mass is 32.1. The van der Waals surface area contributed by atoms with Crippen LogP contribution in [-0.4, -0.2) is 11.8 Å². The van der Waals surface area contributed by atoms with Crippen molar-refractivity contribution in [2.24, 2.45) is 0 Å². The van der Waals surface area contributed by atoms with E-state index in [4.69, 9.17) is 25.5 Å². The molecule has 4 aromatic rings. The molecule has 0 atom stereocenters. The van der Waals surface area contributed by atoms with Crippen molar-refractivity contribution in [1.29, 1.82) is 5.26 Å². The van der Waals surface area contributed by atoms with Crippen LogP contribution in [0.25, 0.3) is 31.9 Å². The maximum Gasteiger partial charge on any atom is 0.231 e. The van der Waals surface area contributed by atoms with Gasteiger partial charge in [0.1, 0.15) is 4.83 Å². The fraction of sp³-hybridized carbons (Fsp3) is 0.0909. The van der Waals surface area contributed by atoms with Crippen molar-refractivity contribution in [2.75, 3.05) is 12.5 Å². The van der Waals surface area contributed by atoms with Gasteiger partial charge < -0.3 is 15.2 Å². The van der Waals surface area contributed by atoms with Crippen LogP contribution in [0, 0.1) is 18.8 Å². The van der Waals surface area contributed by atoms with Crippen LogP contribution in [-0.2, 0) is 0 Å². The first kappa shape index (κ1) is 17.8. The summed E-state index contributed by atoms with van der Waals surface area (Å²) in [4.78, 5) is 6.84. The molecule has 2 aromatic carbocycles. The SMILES string of the molecule is C#N.Cc1ccc(-c2sc3nc(-c4ccc5c(c4)OCO5)ccc3c2N)cc1. The van der Waals surface area contributed by atoms with Crippen LogP contribution in [0.15, 0.2) is 54.6 Å². The zero-order valence-corrected chi connectivity index (χ0v) is 16.0. The number of pyridine rings is 1. The number of thiophene rings is 1. The summed E-state index contributed by atoms with van der Waals surface area (Å²) in [6.45, 7) is 5.85. The van der Waals surface area contributed by atoms with Gasteiger partial charge in [-0.3, -0.25) is 0 Å². The van der Waals surface area contributed by atoms with Crippen molar-refractivity contribution >= 4 is 27.2 Å². The van der Waals surface area contributed by atoms with E-state index >= 15 is 0 Å². The number of nitriles is 1. The number of hydrogen-bond donors (Lipinski definition) is 1. The number of anilines is 1. The molecule has 2 aromatic heterocycles. The van der Waals surface area contributed by atoms with Crippen molar-refractivity contribution in [3.8, 4) is 39.8 Å². The van der Waals surface area contributed by atoms with E-state index in [2.05, 4.69) is 37.8 Å². The molecule has 0 saturated carbocycles. The number of rotatable bonds is 2. The minimum absolute atomic E-state index is 0.270. The molecule has 0 radical (unpaired) electrons. The number of nitrogen functional groups attached to an aromatic ring is 1. The first-order valence-corrected chi connectivity index (χ1v) is 9.42. The molecule has 0 unspecified atom stereocenters. The fourth-order valence-corrected chi connectivity index (χ4v) is 4.23. The molecule has 0 aliphatic carbocycles. The number of fused-ring (bicyclic) bond motifs is 2. The lowest BCUT2D eigenvalue weighted by atomic mass is 10.1. The largest absolute Gasteiger partial charge is 0.454 e. The highest BCUT2D eigenvalue weighted by molar-refractivity contribution is 7.22. The second-order valence-corrected chi connectivity index (χ2v) is 7.33.